The Bertz CT molecular complexity index is 720. The minimum atomic E-state index is -0.0836. The third-order valence-corrected chi connectivity index (χ3v) is 5.42. The lowest BCUT2D eigenvalue weighted by atomic mass is 10.1. The fraction of sp³-hybridized carbons (Fsp3) is 0.421. The van der Waals surface area contributed by atoms with Crippen molar-refractivity contribution in [3.63, 3.8) is 0 Å². The summed E-state index contributed by atoms with van der Waals surface area (Å²) in [6, 6.07) is 7.48. The first-order chi connectivity index (χ1) is 12.7. The van der Waals surface area contributed by atoms with Gasteiger partial charge in [-0.1, -0.05) is 6.07 Å². The summed E-state index contributed by atoms with van der Waals surface area (Å²) in [7, 11) is 0. The molecule has 0 bridgehead atoms. The quantitative estimate of drug-likeness (QED) is 0.877. The predicted octanol–water partition coefficient (Wildman–Crippen LogP) is 2.98. The van der Waals surface area contributed by atoms with Crippen LogP contribution in [0.25, 0.3) is 0 Å². The van der Waals surface area contributed by atoms with Crippen LogP contribution in [-0.2, 0) is 6.54 Å². The molecule has 0 aliphatic carbocycles. The number of rotatable bonds is 5. The number of aromatic nitrogens is 1. The lowest BCUT2D eigenvalue weighted by Crippen LogP contribution is -2.52. The van der Waals surface area contributed by atoms with Gasteiger partial charge in [-0.3, -0.25) is 9.78 Å². The summed E-state index contributed by atoms with van der Waals surface area (Å²) < 4.78 is 0. The van der Waals surface area contributed by atoms with Crippen molar-refractivity contribution in [1.82, 2.24) is 20.1 Å². The molecule has 0 aromatic carbocycles. The highest BCUT2D eigenvalue weighted by atomic mass is 32.1. The summed E-state index contributed by atoms with van der Waals surface area (Å²) in [6.07, 6.45) is 5.26. The van der Waals surface area contributed by atoms with Crippen LogP contribution in [0.1, 0.15) is 35.0 Å². The second-order valence-electron chi connectivity index (χ2n) is 6.39. The first-order valence-electron chi connectivity index (χ1n) is 8.94. The number of piperidine rings is 1. The second-order valence-corrected chi connectivity index (χ2v) is 7.33. The first kappa shape index (κ1) is 18.4. The maximum Gasteiger partial charge on any atom is 0.317 e. The second kappa shape index (κ2) is 8.80. The van der Waals surface area contributed by atoms with Gasteiger partial charge in [-0.05, 0) is 48.9 Å². The average molecular weight is 372 g/mol. The molecule has 1 fully saturated rings. The molecular formula is C19H24N4O2S. The topological polar surface area (TPSA) is 65.5 Å². The molecule has 6 nitrogen and oxygen atoms in total. The van der Waals surface area contributed by atoms with Gasteiger partial charge in [-0.2, -0.15) is 0 Å². The maximum absolute atomic E-state index is 12.6. The van der Waals surface area contributed by atoms with Crippen LogP contribution >= 0.6 is 11.3 Å². The first-order valence-corrected chi connectivity index (χ1v) is 9.82. The molecule has 1 N–H and O–H groups in total. The predicted molar refractivity (Wildman–Crippen MR) is 102 cm³/mol. The van der Waals surface area contributed by atoms with Gasteiger partial charge in [-0.25, -0.2) is 4.79 Å². The number of pyridine rings is 1. The van der Waals surface area contributed by atoms with E-state index in [2.05, 4.69) is 10.3 Å². The van der Waals surface area contributed by atoms with Gasteiger partial charge < -0.3 is 15.1 Å². The highest BCUT2D eigenvalue weighted by molar-refractivity contribution is 7.12. The highest BCUT2D eigenvalue weighted by Gasteiger charge is 2.27. The van der Waals surface area contributed by atoms with Gasteiger partial charge in [0.05, 0.1) is 4.88 Å². The van der Waals surface area contributed by atoms with E-state index < -0.39 is 0 Å². The fourth-order valence-electron chi connectivity index (χ4n) is 3.14. The molecule has 1 atom stereocenters. The molecule has 0 spiro atoms. The van der Waals surface area contributed by atoms with Gasteiger partial charge in [0.15, 0.2) is 0 Å². The summed E-state index contributed by atoms with van der Waals surface area (Å²) >= 11 is 1.46. The lowest BCUT2D eigenvalue weighted by Gasteiger charge is -2.34. The van der Waals surface area contributed by atoms with Crippen LogP contribution in [0.5, 0.6) is 0 Å². The molecule has 1 aliphatic heterocycles. The zero-order valence-corrected chi connectivity index (χ0v) is 15.7. The molecule has 3 heterocycles. The van der Waals surface area contributed by atoms with Crippen molar-refractivity contribution in [2.45, 2.75) is 32.4 Å². The van der Waals surface area contributed by atoms with Crippen molar-refractivity contribution in [2.24, 2.45) is 0 Å². The van der Waals surface area contributed by atoms with Crippen molar-refractivity contribution in [2.75, 3.05) is 19.6 Å². The Balaban J connectivity index is 1.56. The van der Waals surface area contributed by atoms with Crippen molar-refractivity contribution >= 4 is 23.3 Å². The summed E-state index contributed by atoms with van der Waals surface area (Å²) in [6.45, 7) is 4.45. The third-order valence-electron chi connectivity index (χ3n) is 4.56. The van der Waals surface area contributed by atoms with Crippen LogP contribution in [0.3, 0.4) is 0 Å². The average Bonchev–Trinajstić information content (AvgIpc) is 3.21. The molecule has 1 saturated heterocycles. The molecular weight excluding hydrogens is 348 g/mol. The number of hydrogen-bond donors (Lipinski definition) is 1. The van der Waals surface area contributed by atoms with Crippen LogP contribution in [0.15, 0.2) is 42.0 Å². The third kappa shape index (κ3) is 4.60. The van der Waals surface area contributed by atoms with E-state index in [0.717, 1.165) is 29.8 Å². The Hall–Kier alpha value is -2.41. The van der Waals surface area contributed by atoms with Crippen molar-refractivity contribution in [3.8, 4) is 0 Å². The maximum atomic E-state index is 12.6. The zero-order valence-electron chi connectivity index (χ0n) is 14.9. The van der Waals surface area contributed by atoms with Crippen LogP contribution in [0.4, 0.5) is 4.79 Å². The van der Waals surface area contributed by atoms with Gasteiger partial charge in [0.2, 0.25) is 0 Å². The summed E-state index contributed by atoms with van der Waals surface area (Å²) in [5.74, 6) is 0.0584. The lowest BCUT2D eigenvalue weighted by molar-refractivity contribution is 0.0699. The summed E-state index contributed by atoms with van der Waals surface area (Å²) in [4.78, 5) is 33.6. The van der Waals surface area contributed by atoms with Gasteiger partial charge in [0.25, 0.3) is 5.91 Å². The Labute approximate surface area is 157 Å². The van der Waals surface area contributed by atoms with E-state index in [4.69, 9.17) is 0 Å². The van der Waals surface area contributed by atoms with Crippen LogP contribution in [0, 0.1) is 0 Å². The molecule has 3 amide bonds. The zero-order chi connectivity index (χ0) is 18.4. The fourth-order valence-corrected chi connectivity index (χ4v) is 3.83. The Morgan fingerprint density at radius 2 is 2.15 bits per heavy atom. The normalized spacial score (nSPS) is 17.0. The van der Waals surface area contributed by atoms with Crippen molar-refractivity contribution in [3.05, 3.63) is 52.5 Å². The van der Waals surface area contributed by atoms with Gasteiger partial charge in [0, 0.05) is 44.6 Å². The number of carbonyl (C=O) groups is 2. The minimum absolute atomic E-state index is 0.00773. The molecule has 0 radical (unpaired) electrons. The minimum Gasteiger partial charge on any atom is -0.336 e. The van der Waals surface area contributed by atoms with E-state index in [1.54, 1.807) is 17.3 Å². The molecule has 0 unspecified atom stereocenters. The largest absolute Gasteiger partial charge is 0.336 e. The number of urea groups is 1. The van der Waals surface area contributed by atoms with Crippen LogP contribution < -0.4 is 5.32 Å². The Kier molecular flexibility index (Phi) is 6.22. The number of nitrogens with one attached hydrogen (secondary N) is 1. The number of amides is 3. The molecule has 26 heavy (non-hydrogen) atoms. The summed E-state index contributed by atoms with van der Waals surface area (Å²) in [5.41, 5.74) is 1.05. The molecule has 2 aromatic heterocycles. The molecule has 0 saturated carbocycles. The number of thiophene rings is 1. The number of likely N-dealkylation sites (tertiary alicyclic amines) is 1. The van der Waals surface area contributed by atoms with E-state index >= 15 is 0 Å². The molecule has 1 aliphatic rings. The molecule has 3 rings (SSSR count). The van der Waals surface area contributed by atoms with E-state index in [9.17, 15) is 9.59 Å². The SMILES string of the molecule is CCN(Cc1ccncc1)C(=O)N[C@@H]1CCCN(C(=O)c2cccs2)C1. The van der Waals surface area contributed by atoms with E-state index in [1.807, 2.05) is 41.5 Å². The monoisotopic (exact) mass is 372 g/mol. The van der Waals surface area contributed by atoms with E-state index in [0.29, 0.717) is 19.6 Å². The standard InChI is InChI=1S/C19H24N4O2S/c1-2-22(13-15-7-9-20-10-8-15)19(25)21-16-5-3-11-23(14-16)18(24)17-6-4-12-26-17/h4,6-10,12,16H,2-3,5,11,13-14H2,1H3,(H,21,25)/t16-/m1/s1. The number of nitrogens with zero attached hydrogens (tertiary/aromatic N) is 3. The highest BCUT2D eigenvalue weighted by Crippen LogP contribution is 2.17. The van der Waals surface area contributed by atoms with E-state index in [-0.39, 0.29) is 18.0 Å². The number of hydrogen-bond acceptors (Lipinski definition) is 4. The van der Waals surface area contributed by atoms with Gasteiger partial charge in [-0.15, -0.1) is 11.3 Å². The van der Waals surface area contributed by atoms with Crippen LogP contribution in [-0.4, -0.2) is 52.4 Å². The van der Waals surface area contributed by atoms with Crippen molar-refractivity contribution < 1.29 is 9.59 Å². The smallest absolute Gasteiger partial charge is 0.317 e. The Morgan fingerprint density at radius 3 is 2.85 bits per heavy atom. The molecule has 2 aromatic rings. The van der Waals surface area contributed by atoms with Crippen LogP contribution in [0.2, 0.25) is 0 Å². The Morgan fingerprint density at radius 1 is 1.35 bits per heavy atom. The molecule has 7 heteroatoms. The van der Waals surface area contributed by atoms with Crippen molar-refractivity contribution in [1.29, 1.82) is 0 Å². The number of carbonyl (C=O) groups excluding carboxylic acids is 2. The van der Waals surface area contributed by atoms with Gasteiger partial charge in [0.1, 0.15) is 0 Å². The van der Waals surface area contributed by atoms with Gasteiger partial charge >= 0.3 is 6.03 Å². The summed E-state index contributed by atoms with van der Waals surface area (Å²) in [5, 5.41) is 5.01. The molecule has 138 valence electrons. The van der Waals surface area contributed by atoms with E-state index in [1.165, 1.54) is 11.3 Å².